The van der Waals surface area contributed by atoms with Crippen LogP contribution in [0.5, 0.6) is 0 Å². The molecule has 158 valence electrons. The SMILES string of the molecule is CCC[NH+](CCC)CCC.CCC[NH+](CCC)CCC.O=C([O-])C(=O)[O-]. The van der Waals surface area contributed by atoms with E-state index >= 15 is 0 Å². The molecule has 0 aromatic rings. The van der Waals surface area contributed by atoms with Crippen molar-refractivity contribution in [2.75, 3.05) is 39.3 Å². The lowest BCUT2D eigenvalue weighted by atomic mass is 10.3. The summed E-state index contributed by atoms with van der Waals surface area (Å²) in [6.07, 6.45) is 7.97. The van der Waals surface area contributed by atoms with Gasteiger partial charge in [-0.05, 0) is 38.5 Å². The Balaban J connectivity index is -0.000000316. The monoisotopic (exact) mass is 376 g/mol. The van der Waals surface area contributed by atoms with Gasteiger partial charge < -0.3 is 29.6 Å². The minimum atomic E-state index is -2.19. The van der Waals surface area contributed by atoms with Crippen molar-refractivity contribution in [1.29, 1.82) is 0 Å². The molecule has 0 aliphatic rings. The van der Waals surface area contributed by atoms with E-state index in [2.05, 4.69) is 41.5 Å². The molecular weight excluding hydrogens is 332 g/mol. The van der Waals surface area contributed by atoms with Crippen molar-refractivity contribution in [3.63, 3.8) is 0 Å². The van der Waals surface area contributed by atoms with Gasteiger partial charge in [-0.1, -0.05) is 41.5 Å². The summed E-state index contributed by atoms with van der Waals surface area (Å²) in [6.45, 7) is 21.8. The average molecular weight is 377 g/mol. The number of carboxylic acids is 2. The Morgan fingerprint density at radius 3 is 0.731 bits per heavy atom. The minimum Gasteiger partial charge on any atom is -0.543 e. The van der Waals surface area contributed by atoms with Crippen LogP contribution in [0.3, 0.4) is 0 Å². The quantitative estimate of drug-likeness (QED) is 0.414. The van der Waals surface area contributed by atoms with E-state index in [9.17, 15) is 0 Å². The zero-order valence-electron chi connectivity index (χ0n) is 18.1. The molecule has 0 unspecified atom stereocenters. The van der Waals surface area contributed by atoms with Crippen LogP contribution in [-0.2, 0) is 9.59 Å². The number of hydrogen-bond donors (Lipinski definition) is 2. The fourth-order valence-electron chi connectivity index (χ4n) is 2.87. The second-order valence-electron chi connectivity index (χ2n) is 6.57. The van der Waals surface area contributed by atoms with Crippen molar-refractivity contribution < 1.29 is 29.6 Å². The Bertz CT molecular complexity index is 254. The minimum absolute atomic E-state index is 1.33. The van der Waals surface area contributed by atoms with Crippen molar-refractivity contribution >= 4 is 11.9 Å². The number of carbonyl (C=O) groups is 2. The highest BCUT2D eigenvalue weighted by Gasteiger charge is 2.02. The molecule has 0 bridgehead atoms. The van der Waals surface area contributed by atoms with Gasteiger partial charge in [-0.25, -0.2) is 0 Å². The molecule has 2 N–H and O–H groups in total. The van der Waals surface area contributed by atoms with Crippen molar-refractivity contribution in [3.05, 3.63) is 0 Å². The van der Waals surface area contributed by atoms with Crippen LogP contribution in [0, 0.1) is 0 Å². The van der Waals surface area contributed by atoms with Gasteiger partial charge in [0.05, 0.1) is 51.2 Å². The number of nitrogens with one attached hydrogen (secondary N) is 2. The summed E-state index contributed by atoms with van der Waals surface area (Å²) in [5, 5.41) is 17.9. The van der Waals surface area contributed by atoms with Gasteiger partial charge in [0.2, 0.25) is 0 Å². The van der Waals surface area contributed by atoms with Gasteiger partial charge in [0.25, 0.3) is 0 Å². The van der Waals surface area contributed by atoms with Gasteiger partial charge in [0.1, 0.15) is 0 Å². The van der Waals surface area contributed by atoms with Crippen molar-refractivity contribution in [2.45, 2.75) is 80.1 Å². The predicted molar refractivity (Wildman–Crippen MR) is 103 cm³/mol. The first-order valence-corrected chi connectivity index (χ1v) is 10.4. The van der Waals surface area contributed by atoms with Gasteiger partial charge in [-0.3, -0.25) is 0 Å². The van der Waals surface area contributed by atoms with Crippen LogP contribution in [0.15, 0.2) is 0 Å². The molecule has 0 fully saturated rings. The van der Waals surface area contributed by atoms with E-state index in [0.29, 0.717) is 0 Å². The molecule has 6 nitrogen and oxygen atoms in total. The summed E-state index contributed by atoms with van der Waals surface area (Å²) >= 11 is 0. The summed E-state index contributed by atoms with van der Waals surface area (Å²) in [6, 6.07) is 0. The maximum Gasteiger partial charge on any atom is 0.0870 e. The lowest BCUT2D eigenvalue weighted by Gasteiger charge is -2.16. The molecule has 0 aromatic carbocycles. The molecule has 0 aromatic heterocycles. The van der Waals surface area contributed by atoms with Crippen LogP contribution >= 0.6 is 0 Å². The third-order valence-electron chi connectivity index (χ3n) is 3.79. The van der Waals surface area contributed by atoms with E-state index in [0.717, 1.165) is 0 Å². The van der Waals surface area contributed by atoms with Crippen LogP contribution in [0.1, 0.15) is 80.1 Å². The van der Waals surface area contributed by atoms with Gasteiger partial charge in [-0.15, -0.1) is 0 Å². The lowest BCUT2D eigenvalue weighted by Crippen LogP contribution is -3.11. The molecule has 0 heterocycles. The number of aliphatic carboxylic acids is 2. The summed E-state index contributed by atoms with van der Waals surface area (Å²) in [4.78, 5) is 21.4. The van der Waals surface area contributed by atoms with E-state index < -0.39 is 11.9 Å². The van der Waals surface area contributed by atoms with Crippen LogP contribution < -0.4 is 20.0 Å². The number of carbonyl (C=O) groups excluding carboxylic acids is 2. The second kappa shape index (κ2) is 23.9. The molecule has 0 aliphatic carbocycles. The van der Waals surface area contributed by atoms with Gasteiger partial charge >= 0.3 is 0 Å². The molecule has 6 heteroatoms. The fourth-order valence-corrected chi connectivity index (χ4v) is 2.87. The second-order valence-corrected chi connectivity index (χ2v) is 6.57. The molecule has 0 amide bonds. The first-order valence-electron chi connectivity index (χ1n) is 10.4. The van der Waals surface area contributed by atoms with Crippen molar-refractivity contribution in [3.8, 4) is 0 Å². The molecule has 0 saturated heterocycles. The van der Waals surface area contributed by atoms with Crippen LogP contribution in [0.4, 0.5) is 0 Å². The zero-order chi connectivity index (χ0) is 20.8. The lowest BCUT2D eigenvalue weighted by molar-refractivity contribution is -0.900. The highest BCUT2D eigenvalue weighted by atomic mass is 16.4. The summed E-state index contributed by atoms with van der Waals surface area (Å²) in [5.74, 6) is -4.37. The molecule has 0 rings (SSSR count). The first kappa shape index (κ1) is 29.6. The molecule has 0 spiro atoms. The van der Waals surface area contributed by atoms with Gasteiger partial charge in [0.15, 0.2) is 0 Å². The van der Waals surface area contributed by atoms with Crippen LogP contribution in [0.2, 0.25) is 0 Å². The maximum absolute atomic E-state index is 8.93. The Hall–Kier alpha value is -1.14. The predicted octanol–water partition coefficient (Wildman–Crippen LogP) is -1.31. The van der Waals surface area contributed by atoms with Gasteiger partial charge in [0, 0.05) is 0 Å². The molecule has 0 saturated carbocycles. The molecule has 0 radical (unpaired) electrons. The standard InChI is InChI=1S/2C9H21N.C2H2O4/c2*1-4-7-10(8-5-2)9-6-3;3-1(4)2(5)6/h2*4-9H2,1-3H3;(H,3,4)(H,5,6). The summed E-state index contributed by atoms with van der Waals surface area (Å²) in [7, 11) is 0. The van der Waals surface area contributed by atoms with E-state index in [-0.39, 0.29) is 0 Å². The van der Waals surface area contributed by atoms with Crippen molar-refractivity contribution in [1.82, 2.24) is 0 Å². The Kier molecular flexibility index (Phi) is 27.2. The zero-order valence-corrected chi connectivity index (χ0v) is 18.1. The van der Waals surface area contributed by atoms with Crippen LogP contribution in [-0.4, -0.2) is 51.2 Å². The third kappa shape index (κ3) is 25.1. The molecular formula is C20H44N2O4. The number of hydrogen-bond acceptors (Lipinski definition) is 4. The first-order chi connectivity index (χ1) is 12.3. The van der Waals surface area contributed by atoms with Crippen LogP contribution in [0.25, 0.3) is 0 Å². The smallest absolute Gasteiger partial charge is 0.0870 e. The fraction of sp³-hybridized carbons (Fsp3) is 0.900. The number of carboxylic acid groups (broad SMARTS) is 2. The van der Waals surface area contributed by atoms with E-state index in [1.54, 1.807) is 9.80 Å². The Labute approximate surface area is 161 Å². The van der Waals surface area contributed by atoms with E-state index in [1.807, 2.05) is 0 Å². The topological polar surface area (TPSA) is 89.1 Å². The largest absolute Gasteiger partial charge is 0.543 e. The molecule has 26 heavy (non-hydrogen) atoms. The highest BCUT2D eigenvalue weighted by molar-refractivity contribution is 6.25. The third-order valence-corrected chi connectivity index (χ3v) is 3.79. The molecule has 0 atom stereocenters. The van der Waals surface area contributed by atoms with Crippen molar-refractivity contribution in [2.24, 2.45) is 0 Å². The average Bonchev–Trinajstić information content (AvgIpc) is 2.57. The Morgan fingerprint density at radius 1 is 0.500 bits per heavy atom. The number of quaternary nitrogens is 2. The summed E-state index contributed by atoms with van der Waals surface area (Å²) < 4.78 is 0. The van der Waals surface area contributed by atoms with Gasteiger partial charge in [-0.2, -0.15) is 0 Å². The Morgan fingerprint density at radius 2 is 0.654 bits per heavy atom. The highest BCUT2D eigenvalue weighted by Crippen LogP contribution is 1.72. The normalized spacial score (nSPS) is 10.0. The summed E-state index contributed by atoms with van der Waals surface area (Å²) in [5.41, 5.74) is 0. The van der Waals surface area contributed by atoms with E-state index in [4.69, 9.17) is 19.8 Å². The van der Waals surface area contributed by atoms with E-state index in [1.165, 1.54) is 77.8 Å². The molecule has 0 aliphatic heterocycles. The maximum atomic E-state index is 8.93. The number of rotatable bonds is 12.